The molecule has 1 heterocycles. The first kappa shape index (κ1) is 8.87. The zero-order valence-corrected chi connectivity index (χ0v) is 7.77. The number of benzene rings is 1. The van der Waals surface area contributed by atoms with Crippen LogP contribution in [0.25, 0.3) is 0 Å². The summed E-state index contributed by atoms with van der Waals surface area (Å²) in [6.07, 6.45) is 0. The Kier molecular flexibility index (Phi) is 2.26. The molecule has 74 valence electrons. The van der Waals surface area contributed by atoms with Gasteiger partial charge >= 0.3 is 6.03 Å². The summed E-state index contributed by atoms with van der Waals surface area (Å²) in [6.45, 7) is 1.58. The van der Waals surface area contributed by atoms with Crippen LogP contribution in [0.15, 0.2) is 24.3 Å². The third kappa shape index (κ3) is 1.64. The maximum atomic E-state index is 11.0. The Morgan fingerprint density at radius 1 is 1.43 bits per heavy atom. The van der Waals surface area contributed by atoms with Crippen molar-refractivity contribution in [3.8, 4) is 5.75 Å². The Labute approximate surface area is 82.3 Å². The lowest BCUT2D eigenvalue weighted by atomic mass is 10.2. The van der Waals surface area contributed by atoms with Crippen LogP contribution >= 0.6 is 0 Å². The van der Waals surface area contributed by atoms with Crippen LogP contribution in [0.2, 0.25) is 0 Å². The average molecular weight is 192 g/mol. The zero-order chi connectivity index (χ0) is 9.97. The highest BCUT2D eigenvalue weighted by molar-refractivity contribution is 5.72. The lowest BCUT2D eigenvalue weighted by Gasteiger charge is -2.16. The number of primary amides is 1. The van der Waals surface area contributed by atoms with Crippen molar-refractivity contribution in [3.63, 3.8) is 0 Å². The van der Waals surface area contributed by atoms with E-state index in [2.05, 4.69) is 0 Å². The number of ether oxygens (including phenoxy) is 1. The summed E-state index contributed by atoms with van der Waals surface area (Å²) >= 11 is 0. The summed E-state index contributed by atoms with van der Waals surface area (Å²) in [4.78, 5) is 12.6. The van der Waals surface area contributed by atoms with Gasteiger partial charge in [0.2, 0.25) is 0 Å². The van der Waals surface area contributed by atoms with Gasteiger partial charge < -0.3 is 15.4 Å². The molecule has 1 aromatic rings. The normalized spacial score (nSPS) is 15.3. The molecular formula is C10H12N2O2. The molecule has 4 nitrogen and oxygen atoms in total. The largest absolute Gasteiger partial charge is 0.491 e. The molecule has 1 aromatic carbocycles. The molecule has 0 atom stereocenters. The van der Waals surface area contributed by atoms with Crippen molar-refractivity contribution < 1.29 is 9.53 Å². The van der Waals surface area contributed by atoms with Crippen LogP contribution in [0.1, 0.15) is 5.56 Å². The second kappa shape index (κ2) is 3.57. The maximum absolute atomic E-state index is 11.0. The van der Waals surface area contributed by atoms with Crippen LogP contribution in [0, 0.1) is 0 Å². The van der Waals surface area contributed by atoms with Crippen LogP contribution in [0.5, 0.6) is 5.75 Å². The quantitative estimate of drug-likeness (QED) is 0.665. The second-order valence-corrected chi connectivity index (χ2v) is 3.22. The first-order chi connectivity index (χ1) is 6.77. The van der Waals surface area contributed by atoms with Gasteiger partial charge in [0.1, 0.15) is 12.4 Å². The van der Waals surface area contributed by atoms with Gasteiger partial charge in [-0.1, -0.05) is 18.2 Å². The van der Waals surface area contributed by atoms with Crippen LogP contribution in [-0.4, -0.2) is 24.1 Å². The summed E-state index contributed by atoms with van der Waals surface area (Å²) in [5.41, 5.74) is 6.23. The third-order valence-electron chi connectivity index (χ3n) is 2.26. The van der Waals surface area contributed by atoms with E-state index in [0.717, 1.165) is 11.3 Å². The number of para-hydroxylation sites is 1. The molecule has 1 aliphatic heterocycles. The number of amides is 2. The van der Waals surface area contributed by atoms with Gasteiger partial charge in [0.25, 0.3) is 0 Å². The molecular weight excluding hydrogens is 180 g/mol. The summed E-state index contributed by atoms with van der Waals surface area (Å²) in [7, 11) is 0. The number of fused-ring (bicyclic) bond motifs is 1. The Morgan fingerprint density at radius 2 is 2.21 bits per heavy atom. The monoisotopic (exact) mass is 192 g/mol. The molecule has 0 bridgehead atoms. The lowest BCUT2D eigenvalue weighted by molar-refractivity contribution is 0.197. The molecule has 0 spiro atoms. The molecule has 2 amide bonds. The van der Waals surface area contributed by atoms with Gasteiger partial charge in [-0.05, 0) is 6.07 Å². The predicted octanol–water partition coefficient (Wildman–Crippen LogP) is 0.960. The summed E-state index contributed by atoms with van der Waals surface area (Å²) < 4.78 is 5.48. The van der Waals surface area contributed by atoms with E-state index in [1.54, 1.807) is 4.90 Å². The first-order valence-corrected chi connectivity index (χ1v) is 4.52. The number of nitrogens with zero attached hydrogens (tertiary/aromatic N) is 1. The van der Waals surface area contributed by atoms with E-state index in [1.165, 1.54) is 0 Å². The Morgan fingerprint density at radius 3 is 3.00 bits per heavy atom. The van der Waals surface area contributed by atoms with E-state index in [-0.39, 0.29) is 0 Å². The highest BCUT2D eigenvalue weighted by Crippen LogP contribution is 2.21. The van der Waals surface area contributed by atoms with Gasteiger partial charge in [0.05, 0.1) is 13.1 Å². The van der Waals surface area contributed by atoms with Crippen molar-refractivity contribution in [2.45, 2.75) is 6.54 Å². The number of hydrogen-bond acceptors (Lipinski definition) is 2. The SMILES string of the molecule is NC(=O)N1CCOc2ccccc2C1. The molecule has 1 aliphatic rings. The van der Waals surface area contributed by atoms with E-state index in [0.29, 0.717) is 19.7 Å². The van der Waals surface area contributed by atoms with Crippen LogP contribution in [0.3, 0.4) is 0 Å². The van der Waals surface area contributed by atoms with Crippen molar-refractivity contribution in [1.29, 1.82) is 0 Å². The molecule has 0 aliphatic carbocycles. The summed E-state index contributed by atoms with van der Waals surface area (Å²) in [6, 6.07) is 7.28. The Bertz CT molecular complexity index is 352. The number of nitrogens with two attached hydrogens (primary N) is 1. The highest BCUT2D eigenvalue weighted by atomic mass is 16.5. The fourth-order valence-corrected chi connectivity index (χ4v) is 1.51. The van der Waals surface area contributed by atoms with E-state index in [9.17, 15) is 4.79 Å². The molecule has 0 unspecified atom stereocenters. The Hall–Kier alpha value is -1.71. The van der Waals surface area contributed by atoms with Crippen molar-refractivity contribution in [2.24, 2.45) is 5.73 Å². The molecule has 0 radical (unpaired) electrons. The van der Waals surface area contributed by atoms with Crippen LogP contribution < -0.4 is 10.5 Å². The molecule has 0 saturated heterocycles. The van der Waals surface area contributed by atoms with E-state index in [1.807, 2.05) is 24.3 Å². The third-order valence-corrected chi connectivity index (χ3v) is 2.26. The minimum atomic E-state index is -0.398. The van der Waals surface area contributed by atoms with Gasteiger partial charge in [-0.15, -0.1) is 0 Å². The van der Waals surface area contributed by atoms with Gasteiger partial charge in [0, 0.05) is 5.56 Å². The second-order valence-electron chi connectivity index (χ2n) is 3.22. The van der Waals surface area contributed by atoms with Crippen molar-refractivity contribution in [3.05, 3.63) is 29.8 Å². The van der Waals surface area contributed by atoms with Gasteiger partial charge in [-0.25, -0.2) is 4.79 Å². The fraction of sp³-hybridized carbons (Fsp3) is 0.300. The van der Waals surface area contributed by atoms with Crippen molar-refractivity contribution in [2.75, 3.05) is 13.2 Å². The summed E-state index contributed by atoms with van der Waals surface area (Å²) in [5, 5.41) is 0. The predicted molar refractivity (Wildman–Crippen MR) is 51.9 cm³/mol. The summed E-state index contributed by atoms with van der Waals surface area (Å²) in [5.74, 6) is 0.844. The lowest BCUT2D eigenvalue weighted by Crippen LogP contribution is -2.36. The molecule has 14 heavy (non-hydrogen) atoms. The van der Waals surface area contributed by atoms with Crippen LogP contribution in [0.4, 0.5) is 4.79 Å². The highest BCUT2D eigenvalue weighted by Gasteiger charge is 2.16. The van der Waals surface area contributed by atoms with Crippen LogP contribution in [-0.2, 0) is 6.54 Å². The van der Waals surface area contributed by atoms with Gasteiger partial charge in [-0.2, -0.15) is 0 Å². The molecule has 4 heteroatoms. The molecule has 2 N–H and O–H groups in total. The zero-order valence-electron chi connectivity index (χ0n) is 7.77. The topological polar surface area (TPSA) is 55.6 Å². The minimum Gasteiger partial charge on any atom is -0.491 e. The maximum Gasteiger partial charge on any atom is 0.315 e. The Balaban J connectivity index is 2.26. The van der Waals surface area contributed by atoms with E-state index < -0.39 is 6.03 Å². The number of carbonyl (C=O) groups excluding carboxylic acids is 1. The molecule has 0 saturated carbocycles. The smallest absolute Gasteiger partial charge is 0.315 e. The van der Waals surface area contributed by atoms with E-state index in [4.69, 9.17) is 10.5 Å². The number of carbonyl (C=O) groups is 1. The van der Waals surface area contributed by atoms with Gasteiger partial charge in [0.15, 0.2) is 0 Å². The minimum absolute atomic E-state index is 0.398. The molecule has 0 aromatic heterocycles. The number of rotatable bonds is 0. The number of hydrogen-bond donors (Lipinski definition) is 1. The standard InChI is InChI=1S/C10H12N2O2/c11-10(13)12-5-6-14-9-4-2-1-3-8(9)7-12/h1-4H,5-7H2,(H2,11,13). The molecule has 2 rings (SSSR count). The average Bonchev–Trinajstić information content (AvgIpc) is 2.39. The van der Waals surface area contributed by atoms with E-state index >= 15 is 0 Å². The van der Waals surface area contributed by atoms with Gasteiger partial charge in [-0.3, -0.25) is 0 Å². The van der Waals surface area contributed by atoms with Crippen molar-refractivity contribution >= 4 is 6.03 Å². The fourth-order valence-electron chi connectivity index (χ4n) is 1.51. The number of urea groups is 1. The first-order valence-electron chi connectivity index (χ1n) is 4.52. The molecule has 0 fully saturated rings. The van der Waals surface area contributed by atoms with Crippen molar-refractivity contribution in [1.82, 2.24) is 4.90 Å².